The van der Waals surface area contributed by atoms with Crippen molar-refractivity contribution in [2.24, 2.45) is 16.5 Å². The summed E-state index contributed by atoms with van der Waals surface area (Å²) in [5, 5.41) is 2.66. The van der Waals surface area contributed by atoms with E-state index < -0.39 is 0 Å². The van der Waals surface area contributed by atoms with Crippen LogP contribution in [0.15, 0.2) is 17.1 Å². The van der Waals surface area contributed by atoms with E-state index in [-0.39, 0.29) is 11.9 Å². The molecule has 0 atom stereocenters. The summed E-state index contributed by atoms with van der Waals surface area (Å²) >= 11 is 0. The molecule has 0 fully saturated rings. The summed E-state index contributed by atoms with van der Waals surface area (Å²) in [7, 11) is 0. The molecule has 0 saturated heterocycles. The first kappa shape index (κ1) is 16.4. The summed E-state index contributed by atoms with van der Waals surface area (Å²) in [5.41, 5.74) is 10.8. The Balaban J connectivity index is 3.19. The third-order valence-corrected chi connectivity index (χ3v) is 1.82. The van der Waals surface area contributed by atoms with Crippen LogP contribution in [0.1, 0.15) is 6.92 Å². The van der Waals surface area contributed by atoms with Gasteiger partial charge in [0.1, 0.15) is 0 Å². The molecule has 0 radical (unpaired) electrons. The molecular formula is C11H22N4O3. The number of amides is 1. The van der Waals surface area contributed by atoms with Crippen molar-refractivity contribution in [3.63, 3.8) is 0 Å². The molecule has 0 aliphatic carbocycles. The number of carbonyl (C=O) groups excluding carboxylic acids is 1. The Morgan fingerprint density at radius 1 is 1.22 bits per heavy atom. The highest BCUT2D eigenvalue weighted by Gasteiger charge is 1.99. The second kappa shape index (κ2) is 10.5. The van der Waals surface area contributed by atoms with Crippen LogP contribution in [0, 0.1) is 0 Å². The van der Waals surface area contributed by atoms with E-state index >= 15 is 0 Å². The fraction of sp³-hybridized carbons (Fsp3) is 0.636. The average Bonchev–Trinajstić information content (AvgIpc) is 2.30. The minimum absolute atomic E-state index is 0.0584. The number of nitrogens with zero attached hydrogens (tertiary/aromatic N) is 1. The first-order valence-corrected chi connectivity index (χ1v) is 5.68. The number of aliphatic imine (C=N–C) groups is 1. The minimum Gasteiger partial charge on any atom is -0.377 e. The molecule has 5 N–H and O–H groups in total. The Bertz CT molecular complexity index is 288. The van der Waals surface area contributed by atoms with Crippen LogP contribution in [-0.4, -0.2) is 51.4 Å². The maximum atomic E-state index is 11.1. The van der Waals surface area contributed by atoms with Crippen LogP contribution in [0.4, 0.5) is 0 Å². The SMILES string of the molecule is C=C(C)C(=O)NCCOCCOCCN=C(N)N. The second-order valence-electron chi connectivity index (χ2n) is 3.57. The number of rotatable bonds is 10. The maximum Gasteiger partial charge on any atom is 0.246 e. The van der Waals surface area contributed by atoms with E-state index in [0.29, 0.717) is 45.1 Å². The summed E-state index contributed by atoms with van der Waals surface area (Å²) in [6, 6.07) is 0. The molecule has 0 aromatic heterocycles. The van der Waals surface area contributed by atoms with Gasteiger partial charge in [-0.15, -0.1) is 0 Å². The molecule has 7 heteroatoms. The van der Waals surface area contributed by atoms with Gasteiger partial charge < -0.3 is 26.3 Å². The molecule has 0 spiro atoms. The van der Waals surface area contributed by atoms with Gasteiger partial charge in [0.2, 0.25) is 5.91 Å². The fourth-order valence-corrected chi connectivity index (χ4v) is 0.949. The van der Waals surface area contributed by atoms with Crippen LogP contribution >= 0.6 is 0 Å². The van der Waals surface area contributed by atoms with Crippen LogP contribution in [0.25, 0.3) is 0 Å². The van der Waals surface area contributed by atoms with Crippen LogP contribution in [0.5, 0.6) is 0 Å². The Labute approximate surface area is 107 Å². The van der Waals surface area contributed by atoms with E-state index in [4.69, 9.17) is 20.9 Å². The van der Waals surface area contributed by atoms with E-state index in [2.05, 4.69) is 16.9 Å². The Hall–Kier alpha value is -1.60. The molecule has 0 aromatic rings. The molecule has 0 bridgehead atoms. The predicted octanol–water partition coefficient (Wildman–Crippen LogP) is -1.01. The third-order valence-electron chi connectivity index (χ3n) is 1.82. The molecule has 0 unspecified atom stereocenters. The van der Waals surface area contributed by atoms with Crippen molar-refractivity contribution in [2.45, 2.75) is 6.92 Å². The van der Waals surface area contributed by atoms with Crippen LogP contribution in [-0.2, 0) is 14.3 Å². The van der Waals surface area contributed by atoms with Crippen molar-refractivity contribution < 1.29 is 14.3 Å². The number of carbonyl (C=O) groups is 1. The summed E-state index contributed by atoms with van der Waals surface area (Å²) in [4.78, 5) is 14.8. The molecule has 0 aromatic carbocycles. The zero-order valence-electron chi connectivity index (χ0n) is 10.8. The molecule has 0 rings (SSSR count). The van der Waals surface area contributed by atoms with E-state index in [1.165, 1.54) is 0 Å². The van der Waals surface area contributed by atoms with Crippen LogP contribution in [0.3, 0.4) is 0 Å². The van der Waals surface area contributed by atoms with Crippen molar-refractivity contribution in [1.82, 2.24) is 5.32 Å². The van der Waals surface area contributed by atoms with Gasteiger partial charge in [-0.2, -0.15) is 0 Å². The number of hydrogen-bond acceptors (Lipinski definition) is 4. The Kier molecular flexibility index (Phi) is 9.61. The highest BCUT2D eigenvalue weighted by atomic mass is 16.5. The summed E-state index contributed by atoms with van der Waals surface area (Å²) in [6.07, 6.45) is 0. The summed E-state index contributed by atoms with van der Waals surface area (Å²) in [6.45, 7) is 7.90. The van der Waals surface area contributed by atoms with Gasteiger partial charge >= 0.3 is 0 Å². The van der Waals surface area contributed by atoms with E-state index in [0.717, 1.165) is 0 Å². The topological polar surface area (TPSA) is 112 Å². The number of ether oxygens (including phenoxy) is 2. The number of guanidine groups is 1. The lowest BCUT2D eigenvalue weighted by atomic mass is 10.3. The standard InChI is InChI=1S/C11H22N4O3/c1-9(2)10(16)14-3-5-17-7-8-18-6-4-15-11(12)13/h1,3-8H2,2H3,(H,14,16)(H4,12,13,15). The zero-order valence-corrected chi connectivity index (χ0v) is 10.8. The predicted molar refractivity (Wildman–Crippen MR) is 70.1 cm³/mol. The molecular weight excluding hydrogens is 236 g/mol. The Morgan fingerprint density at radius 2 is 1.83 bits per heavy atom. The van der Waals surface area contributed by atoms with E-state index in [9.17, 15) is 4.79 Å². The lowest BCUT2D eigenvalue weighted by Crippen LogP contribution is -2.27. The third kappa shape index (κ3) is 10.9. The minimum atomic E-state index is -0.160. The van der Waals surface area contributed by atoms with Gasteiger partial charge in [-0.1, -0.05) is 6.58 Å². The van der Waals surface area contributed by atoms with Crippen molar-refractivity contribution in [2.75, 3.05) is 39.5 Å². The van der Waals surface area contributed by atoms with Crippen LogP contribution in [0.2, 0.25) is 0 Å². The van der Waals surface area contributed by atoms with Gasteiger partial charge in [-0.05, 0) is 6.92 Å². The quantitative estimate of drug-likeness (QED) is 0.201. The van der Waals surface area contributed by atoms with Crippen molar-refractivity contribution in [1.29, 1.82) is 0 Å². The fourth-order valence-electron chi connectivity index (χ4n) is 0.949. The van der Waals surface area contributed by atoms with Gasteiger partial charge in [0.25, 0.3) is 0 Å². The average molecular weight is 258 g/mol. The largest absolute Gasteiger partial charge is 0.377 e. The van der Waals surface area contributed by atoms with Gasteiger partial charge in [-0.3, -0.25) is 9.79 Å². The molecule has 0 aliphatic heterocycles. The number of hydrogen-bond donors (Lipinski definition) is 3. The lowest BCUT2D eigenvalue weighted by molar-refractivity contribution is -0.117. The lowest BCUT2D eigenvalue weighted by Gasteiger charge is -2.06. The van der Waals surface area contributed by atoms with Gasteiger partial charge in [0.15, 0.2) is 5.96 Å². The smallest absolute Gasteiger partial charge is 0.246 e. The van der Waals surface area contributed by atoms with E-state index in [1.54, 1.807) is 6.92 Å². The highest BCUT2D eigenvalue weighted by molar-refractivity contribution is 5.92. The molecule has 18 heavy (non-hydrogen) atoms. The first-order valence-electron chi connectivity index (χ1n) is 5.68. The Morgan fingerprint density at radius 3 is 2.39 bits per heavy atom. The summed E-state index contributed by atoms with van der Waals surface area (Å²) < 4.78 is 10.4. The highest BCUT2D eigenvalue weighted by Crippen LogP contribution is 1.85. The second-order valence-corrected chi connectivity index (χ2v) is 3.57. The van der Waals surface area contributed by atoms with Gasteiger partial charge in [-0.25, -0.2) is 0 Å². The number of nitrogens with two attached hydrogens (primary N) is 2. The van der Waals surface area contributed by atoms with Crippen molar-refractivity contribution >= 4 is 11.9 Å². The van der Waals surface area contributed by atoms with Crippen LogP contribution < -0.4 is 16.8 Å². The van der Waals surface area contributed by atoms with Gasteiger partial charge in [0, 0.05) is 12.1 Å². The van der Waals surface area contributed by atoms with E-state index in [1.807, 2.05) is 0 Å². The molecule has 0 saturated carbocycles. The maximum absolute atomic E-state index is 11.1. The summed E-state index contributed by atoms with van der Waals surface area (Å²) in [5.74, 6) is -0.102. The normalized spacial score (nSPS) is 9.83. The molecule has 104 valence electrons. The molecule has 0 heterocycles. The monoisotopic (exact) mass is 258 g/mol. The zero-order chi connectivity index (χ0) is 13.8. The molecule has 0 aliphatic rings. The molecule has 7 nitrogen and oxygen atoms in total. The number of nitrogens with one attached hydrogen (secondary N) is 1. The van der Waals surface area contributed by atoms with Crippen molar-refractivity contribution in [3.05, 3.63) is 12.2 Å². The van der Waals surface area contributed by atoms with Crippen molar-refractivity contribution in [3.8, 4) is 0 Å². The molecule has 1 amide bonds. The first-order chi connectivity index (χ1) is 8.54. The van der Waals surface area contributed by atoms with Gasteiger partial charge in [0.05, 0.1) is 33.0 Å².